The number of benzene rings is 1. The average Bonchev–Trinajstić information content (AvgIpc) is 2.55. The fourth-order valence-corrected chi connectivity index (χ4v) is 2.95. The second-order valence-corrected chi connectivity index (χ2v) is 5.87. The standard InChI is InChI=1S/C17H26N2O3/c1-3-18-15(22-14-10-6-4-7-11-14)17(2,16(20)21)19-12-8-5-9-13-19/h4,6-7,10-11,15,18H,3,5,8-9,12-13H2,1-2H3,(H,20,21). The van der Waals surface area contributed by atoms with Gasteiger partial charge in [-0.05, 0) is 51.5 Å². The van der Waals surface area contributed by atoms with Crippen molar-refractivity contribution in [3.05, 3.63) is 30.3 Å². The molecule has 122 valence electrons. The normalized spacial score (nSPS) is 20.1. The van der Waals surface area contributed by atoms with Gasteiger partial charge in [-0.3, -0.25) is 15.0 Å². The van der Waals surface area contributed by atoms with Crippen molar-refractivity contribution in [2.24, 2.45) is 0 Å². The van der Waals surface area contributed by atoms with Crippen molar-refractivity contribution in [2.45, 2.75) is 44.9 Å². The largest absolute Gasteiger partial charge is 0.480 e. The van der Waals surface area contributed by atoms with Gasteiger partial charge in [0, 0.05) is 0 Å². The van der Waals surface area contributed by atoms with Crippen LogP contribution in [0.25, 0.3) is 0 Å². The molecule has 0 saturated carbocycles. The summed E-state index contributed by atoms with van der Waals surface area (Å²) < 4.78 is 6.00. The highest BCUT2D eigenvalue weighted by Gasteiger charge is 2.48. The topological polar surface area (TPSA) is 61.8 Å². The van der Waals surface area contributed by atoms with Crippen LogP contribution in [0.15, 0.2) is 30.3 Å². The van der Waals surface area contributed by atoms with Crippen LogP contribution in [0.1, 0.15) is 33.1 Å². The molecule has 2 atom stereocenters. The summed E-state index contributed by atoms with van der Waals surface area (Å²) in [5.41, 5.74) is -1.09. The van der Waals surface area contributed by atoms with Gasteiger partial charge in [0.15, 0.2) is 11.8 Å². The minimum Gasteiger partial charge on any atom is -0.480 e. The highest BCUT2D eigenvalue weighted by Crippen LogP contribution is 2.27. The minimum atomic E-state index is -1.09. The molecule has 0 aromatic heterocycles. The van der Waals surface area contributed by atoms with Gasteiger partial charge >= 0.3 is 5.97 Å². The van der Waals surface area contributed by atoms with Gasteiger partial charge < -0.3 is 9.84 Å². The summed E-state index contributed by atoms with van der Waals surface area (Å²) in [4.78, 5) is 14.1. The number of para-hydroxylation sites is 1. The molecule has 1 aromatic rings. The van der Waals surface area contributed by atoms with Crippen molar-refractivity contribution in [2.75, 3.05) is 19.6 Å². The van der Waals surface area contributed by atoms with Crippen LogP contribution in [0.2, 0.25) is 0 Å². The van der Waals surface area contributed by atoms with E-state index in [0.29, 0.717) is 12.3 Å². The number of likely N-dealkylation sites (tertiary alicyclic amines) is 1. The molecule has 5 heteroatoms. The third kappa shape index (κ3) is 3.59. The van der Waals surface area contributed by atoms with Crippen LogP contribution in [-0.4, -0.2) is 47.4 Å². The molecule has 22 heavy (non-hydrogen) atoms. The third-order valence-electron chi connectivity index (χ3n) is 4.34. The van der Waals surface area contributed by atoms with Crippen LogP contribution in [0.3, 0.4) is 0 Å². The number of piperidine rings is 1. The Morgan fingerprint density at radius 3 is 2.50 bits per heavy atom. The fraction of sp³-hybridized carbons (Fsp3) is 0.588. The van der Waals surface area contributed by atoms with Crippen LogP contribution >= 0.6 is 0 Å². The summed E-state index contributed by atoms with van der Waals surface area (Å²) in [5.74, 6) is -0.172. The molecule has 1 aliphatic heterocycles. The van der Waals surface area contributed by atoms with E-state index in [9.17, 15) is 9.90 Å². The molecule has 2 N–H and O–H groups in total. The predicted octanol–water partition coefficient (Wildman–Crippen LogP) is 2.33. The van der Waals surface area contributed by atoms with Gasteiger partial charge in [0.2, 0.25) is 0 Å². The van der Waals surface area contributed by atoms with Crippen LogP contribution in [0, 0.1) is 0 Å². The molecule has 1 fully saturated rings. The SMILES string of the molecule is CCNC(Oc1ccccc1)C(C)(C(=O)O)N1CCCCC1. The number of carboxylic acids is 1. The molecule has 5 nitrogen and oxygen atoms in total. The Hall–Kier alpha value is -1.59. The quantitative estimate of drug-likeness (QED) is 0.757. The van der Waals surface area contributed by atoms with Gasteiger partial charge in [0.25, 0.3) is 0 Å². The first kappa shape index (κ1) is 16.8. The van der Waals surface area contributed by atoms with E-state index in [4.69, 9.17) is 4.74 Å². The fourth-order valence-electron chi connectivity index (χ4n) is 2.95. The Morgan fingerprint density at radius 2 is 1.95 bits per heavy atom. The zero-order chi connectivity index (χ0) is 16.0. The molecular formula is C17H26N2O3. The molecule has 1 heterocycles. The summed E-state index contributed by atoms with van der Waals surface area (Å²) >= 11 is 0. The lowest BCUT2D eigenvalue weighted by molar-refractivity contribution is -0.160. The number of carboxylic acid groups (broad SMARTS) is 1. The zero-order valence-corrected chi connectivity index (χ0v) is 13.4. The Labute approximate surface area is 132 Å². The molecule has 2 rings (SSSR count). The molecule has 2 unspecified atom stereocenters. The molecule has 0 spiro atoms. The number of carbonyl (C=O) groups is 1. The van der Waals surface area contributed by atoms with Gasteiger partial charge in [-0.25, -0.2) is 0 Å². The number of rotatable bonds is 7. The van der Waals surface area contributed by atoms with Gasteiger partial charge in [-0.2, -0.15) is 0 Å². The number of likely N-dealkylation sites (N-methyl/N-ethyl adjacent to an activating group) is 1. The van der Waals surface area contributed by atoms with Gasteiger partial charge in [-0.15, -0.1) is 0 Å². The van der Waals surface area contributed by atoms with Crippen LogP contribution in [-0.2, 0) is 4.79 Å². The monoisotopic (exact) mass is 306 g/mol. The summed E-state index contributed by atoms with van der Waals surface area (Å²) in [5, 5.41) is 13.1. The molecular weight excluding hydrogens is 280 g/mol. The zero-order valence-electron chi connectivity index (χ0n) is 13.4. The number of nitrogens with one attached hydrogen (secondary N) is 1. The van der Waals surface area contributed by atoms with Crippen molar-refractivity contribution in [1.29, 1.82) is 0 Å². The van der Waals surface area contributed by atoms with Crippen molar-refractivity contribution in [3.8, 4) is 5.75 Å². The molecule has 1 saturated heterocycles. The maximum absolute atomic E-state index is 12.1. The summed E-state index contributed by atoms with van der Waals surface area (Å²) in [6, 6.07) is 9.39. The van der Waals surface area contributed by atoms with E-state index in [1.807, 2.05) is 42.2 Å². The van der Waals surface area contributed by atoms with Gasteiger partial charge in [0.05, 0.1) is 0 Å². The Balaban J connectivity index is 2.25. The van der Waals surface area contributed by atoms with E-state index in [1.54, 1.807) is 6.92 Å². The van der Waals surface area contributed by atoms with E-state index in [-0.39, 0.29) is 0 Å². The number of hydrogen-bond donors (Lipinski definition) is 2. The number of ether oxygens (including phenoxy) is 1. The molecule has 1 aromatic carbocycles. The predicted molar refractivity (Wildman–Crippen MR) is 86.0 cm³/mol. The molecule has 0 aliphatic carbocycles. The second kappa shape index (κ2) is 7.61. The van der Waals surface area contributed by atoms with Crippen molar-refractivity contribution in [3.63, 3.8) is 0 Å². The van der Waals surface area contributed by atoms with Gasteiger partial charge in [-0.1, -0.05) is 31.5 Å². The van der Waals surface area contributed by atoms with Crippen molar-refractivity contribution < 1.29 is 14.6 Å². The number of aliphatic carboxylic acids is 1. The Kier molecular flexibility index (Phi) is 5.80. The first-order valence-corrected chi connectivity index (χ1v) is 8.02. The highest BCUT2D eigenvalue weighted by atomic mass is 16.5. The molecule has 0 radical (unpaired) electrons. The first-order valence-electron chi connectivity index (χ1n) is 8.02. The van der Waals surface area contributed by atoms with E-state index in [0.717, 1.165) is 32.4 Å². The summed E-state index contributed by atoms with van der Waals surface area (Å²) in [7, 11) is 0. The lowest BCUT2D eigenvalue weighted by atomic mass is 9.94. The number of nitrogens with zero attached hydrogens (tertiary/aromatic N) is 1. The molecule has 1 aliphatic rings. The smallest absolute Gasteiger partial charge is 0.329 e. The van der Waals surface area contributed by atoms with E-state index < -0.39 is 17.7 Å². The molecule has 0 amide bonds. The lowest BCUT2D eigenvalue weighted by Gasteiger charge is -2.44. The number of hydrogen-bond acceptors (Lipinski definition) is 4. The maximum atomic E-state index is 12.1. The highest BCUT2D eigenvalue weighted by molar-refractivity contribution is 5.79. The van der Waals surface area contributed by atoms with Crippen molar-refractivity contribution >= 4 is 5.97 Å². The summed E-state index contributed by atoms with van der Waals surface area (Å²) in [6.07, 6.45) is 2.63. The van der Waals surface area contributed by atoms with Crippen LogP contribution < -0.4 is 10.1 Å². The lowest BCUT2D eigenvalue weighted by Crippen LogP contribution is -2.67. The van der Waals surface area contributed by atoms with Gasteiger partial charge in [0.1, 0.15) is 5.75 Å². The second-order valence-electron chi connectivity index (χ2n) is 5.87. The van der Waals surface area contributed by atoms with Crippen molar-refractivity contribution in [1.82, 2.24) is 10.2 Å². The third-order valence-corrected chi connectivity index (χ3v) is 4.34. The summed E-state index contributed by atoms with van der Waals surface area (Å²) in [6.45, 7) is 5.96. The Bertz CT molecular complexity index is 474. The van der Waals surface area contributed by atoms with E-state index in [1.165, 1.54) is 0 Å². The molecule has 0 bridgehead atoms. The Morgan fingerprint density at radius 1 is 1.32 bits per heavy atom. The first-order chi connectivity index (χ1) is 10.6. The maximum Gasteiger partial charge on any atom is 0.329 e. The van der Waals surface area contributed by atoms with Crippen LogP contribution in [0.5, 0.6) is 5.75 Å². The van der Waals surface area contributed by atoms with E-state index >= 15 is 0 Å². The minimum absolute atomic E-state index is 0.601. The van der Waals surface area contributed by atoms with Crippen LogP contribution in [0.4, 0.5) is 0 Å². The average molecular weight is 306 g/mol. The van der Waals surface area contributed by atoms with E-state index in [2.05, 4.69) is 5.32 Å².